The van der Waals surface area contributed by atoms with Crippen LogP contribution in [0.5, 0.6) is 0 Å². The van der Waals surface area contributed by atoms with Gasteiger partial charge in [-0.2, -0.15) is 10.2 Å². The molecule has 1 aliphatic rings. The van der Waals surface area contributed by atoms with Gasteiger partial charge in [-0.3, -0.25) is 13.6 Å². The Bertz CT molecular complexity index is 3080. The van der Waals surface area contributed by atoms with Crippen molar-refractivity contribution in [1.29, 1.82) is 0 Å². The number of hydrogen-bond donors (Lipinski definition) is 2. The Morgan fingerprint density at radius 3 is 2.07 bits per heavy atom. The van der Waals surface area contributed by atoms with E-state index in [-0.39, 0.29) is 0 Å². The minimum atomic E-state index is -1.33. The Hall–Kier alpha value is -5.30. The maximum atomic E-state index is 13.5. The lowest BCUT2D eigenvalue weighted by atomic mass is 10.0. The van der Waals surface area contributed by atoms with Crippen LogP contribution in [0.4, 0.5) is 11.4 Å². The Kier molecular flexibility index (Phi) is 10.6. The molecule has 0 bridgehead atoms. The van der Waals surface area contributed by atoms with Crippen LogP contribution in [0.15, 0.2) is 87.8 Å². The predicted molar refractivity (Wildman–Crippen MR) is 244 cm³/mol. The second-order valence-electron chi connectivity index (χ2n) is 14.8. The summed E-state index contributed by atoms with van der Waals surface area (Å²) in [5, 5.41) is 12.6. The Morgan fingerprint density at radius 1 is 0.767 bits per heavy atom. The maximum absolute atomic E-state index is 13.5. The third kappa shape index (κ3) is 7.65. The summed E-state index contributed by atoms with van der Waals surface area (Å²) in [5.74, 6) is 1.48. The number of nitrogens with zero attached hydrogens (tertiary/aromatic N) is 8. The lowest BCUT2D eigenvalue weighted by molar-refractivity contribution is 0.0603. The summed E-state index contributed by atoms with van der Waals surface area (Å²) in [6.07, 6.45) is 9.77. The zero-order chi connectivity index (χ0) is 40.9. The highest BCUT2D eigenvalue weighted by molar-refractivity contribution is 8.01. The van der Waals surface area contributed by atoms with Crippen molar-refractivity contribution >= 4 is 99.1 Å². The van der Waals surface area contributed by atoms with Gasteiger partial charge in [-0.1, -0.05) is 30.3 Å². The van der Waals surface area contributed by atoms with Crippen molar-refractivity contribution in [2.45, 2.75) is 27.2 Å². The molecule has 1 unspecified atom stereocenters. The first kappa shape index (κ1) is 38.9. The van der Waals surface area contributed by atoms with Crippen molar-refractivity contribution in [2.24, 2.45) is 14.1 Å². The Labute approximate surface area is 359 Å². The van der Waals surface area contributed by atoms with Gasteiger partial charge < -0.3 is 20.9 Å². The van der Waals surface area contributed by atoms with E-state index in [1.807, 2.05) is 57.1 Å². The number of aromatic nitrogens is 8. The monoisotopic (exact) mass is 872 g/mol. The molecular formula is C43H40N10O3S4. The normalized spacial score (nSPS) is 13.7. The van der Waals surface area contributed by atoms with Crippen LogP contribution in [0.2, 0.25) is 0 Å². The molecule has 0 aliphatic heterocycles. The zero-order valence-corrected chi connectivity index (χ0v) is 36.1. The van der Waals surface area contributed by atoms with Crippen LogP contribution in [-0.4, -0.2) is 81.6 Å². The van der Waals surface area contributed by atoms with Crippen molar-refractivity contribution in [1.82, 2.24) is 39.5 Å². The van der Waals surface area contributed by atoms with E-state index in [0.717, 1.165) is 87.6 Å². The summed E-state index contributed by atoms with van der Waals surface area (Å²) >= 11 is 4.67. The van der Waals surface area contributed by atoms with Crippen LogP contribution < -0.4 is 11.5 Å². The standard InChI is InChI=1S/C43H40N10O3S4/c1-52-22-28-16-26(20-46-38(28)50-52)32-18-30(24-6-4-3-5-7-24)34-36(44)42(58-40(34)48-32)57-14-12-55-10-11-56-13-15-60(54)43-37(45)35-31(25-8-9-25)19-33(49-41(35)59-43)27-17-29-23-53(2)51-39(29)47-21-27/h3-7,16-23,25H,8-15,44-45H2,1-2H3. The molecule has 0 spiro atoms. The molecule has 0 saturated heterocycles. The van der Waals surface area contributed by atoms with E-state index in [2.05, 4.69) is 56.6 Å². The van der Waals surface area contributed by atoms with Gasteiger partial charge in [0.15, 0.2) is 11.3 Å². The molecule has 1 aliphatic carbocycles. The highest BCUT2D eigenvalue weighted by Gasteiger charge is 2.30. The molecule has 1 aromatic carbocycles. The number of fused-ring (bicyclic) bond motifs is 4. The van der Waals surface area contributed by atoms with E-state index in [1.54, 1.807) is 32.5 Å². The van der Waals surface area contributed by atoms with Crippen LogP contribution >= 0.6 is 34.4 Å². The summed E-state index contributed by atoms with van der Waals surface area (Å²) in [7, 11) is 2.45. The fourth-order valence-electron chi connectivity index (χ4n) is 7.45. The van der Waals surface area contributed by atoms with E-state index in [0.29, 0.717) is 65.0 Å². The van der Waals surface area contributed by atoms with E-state index < -0.39 is 10.8 Å². The molecule has 8 heterocycles. The summed E-state index contributed by atoms with van der Waals surface area (Å²) in [5.41, 5.74) is 23.0. The molecule has 0 amide bonds. The first-order valence-corrected chi connectivity index (χ1v) is 23.5. The van der Waals surface area contributed by atoms with Gasteiger partial charge in [0.25, 0.3) is 0 Å². The summed E-state index contributed by atoms with van der Waals surface area (Å²) < 4.78 is 30.5. The number of aryl methyl sites for hydroxylation is 2. The second kappa shape index (κ2) is 16.3. The van der Waals surface area contributed by atoms with Gasteiger partial charge in [0.2, 0.25) is 0 Å². The lowest BCUT2D eigenvalue weighted by Gasteiger charge is -2.09. The lowest BCUT2D eigenvalue weighted by Crippen LogP contribution is -2.11. The number of rotatable bonds is 15. The Balaban J connectivity index is 0.744. The van der Waals surface area contributed by atoms with Gasteiger partial charge in [-0.25, -0.2) is 19.9 Å². The van der Waals surface area contributed by atoms with Gasteiger partial charge in [0.1, 0.15) is 13.9 Å². The van der Waals surface area contributed by atoms with E-state index in [1.165, 1.54) is 16.9 Å². The quantitative estimate of drug-likeness (QED) is 0.0744. The third-order valence-corrected chi connectivity index (χ3v) is 15.7. The average molecular weight is 873 g/mol. The van der Waals surface area contributed by atoms with Crippen molar-refractivity contribution in [3.05, 3.63) is 84.9 Å². The molecule has 10 rings (SSSR count). The van der Waals surface area contributed by atoms with Crippen molar-refractivity contribution in [3.8, 4) is 33.6 Å². The number of hydrogen-bond acceptors (Lipinski definition) is 14. The number of thiophene rings is 2. The van der Waals surface area contributed by atoms with Crippen molar-refractivity contribution in [2.75, 3.05) is 49.4 Å². The van der Waals surface area contributed by atoms with E-state index in [9.17, 15) is 4.21 Å². The summed E-state index contributed by atoms with van der Waals surface area (Å²) in [4.78, 5) is 20.9. The largest absolute Gasteiger partial charge is 0.397 e. The number of thioether (sulfide) groups is 1. The van der Waals surface area contributed by atoms with Gasteiger partial charge in [-0.15, -0.1) is 34.4 Å². The minimum Gasteiger partial charge on any atom is -0.397 e. The highest BCUT2D eigenvalue weighted by atomic mass is 32.2. The molecule has 60 heavy (non-hydrogen) atoms. The summed E-state index contributed by atoms with van der Waals surface area (Å²) in [6.45, 7) is 1.67. The van der Waals surface area contributed by atoms with Crippen LogP contribution in [0.1, 0.15) is 24.3 Å². The average Bonchev–Trinajstić information content (AvgIpc) is 3.65. The van der Waals surface area contributed by atoms with Gasteiger partial charge >= 0.3 is 0 Å². The molecule has 1 fully saturated rings. The van der Waals surface area contributed by atoms with Gasteiger partial charge in [0.05, 0.1) is 70.0 Å². The van der Waals surface area contributed by atoms with Crippen LogP contribution in [-0.2, 0) is 34.4 Å². The topological polar surface area (TPSA) is 175 Å². The number of benzene rings is 1. The highest BCUT2D eigenvalue weighted by Crippen LogP contribution is 2.49. The fraction of sp³-hybridized carbons (Fsp3) is 0.256. The molecule has 1 atom stereocenters. The first-order chi connectivity index (χ1) is 29.3. The molecule has 9 aromatic rings. The molecule has 13 nitrogen and oxygen atoms in total. The molecular weight excluding hydrogens is 833 g/mol. The number of pyridine rings is 4. The molecule has 1 saturated carbocycles. The fourth-order valence-corrected chi connectivity index (χ4v) is 12.2. The van der Waals surface area contributed by atoms with Crippen molar-refractivity contribution < 1.29 is 13.7 Å². The van der Waals surface area contributed by atoms with Crippen LogP contribution in [0.3, 0.4) is 0 Å². The number of nitrogens with two attached hydrogens (primary N) is 2. The van der Waals surface area contributed by atoms with Crippen LogP contribution in [0, 0.1) is 0 Å². The second-order valence-corrected chi connectivity index (χ2v) is 19.9. The maximum Gasteiger partial charge on any atom is 0.181 e. The Morgan fingerprint density at radius 2 is 1.40 bits per heavy atom. The molecule has 8 aromatic heterocycles. The van der Waals surface area contributed by atoms with Crippen LogP contribution in [0.25, 0.3) is 76.1 Å². The SMILES string of the molecule is Cn1cc2cc(-c3cc(-c4ccccc4)c4c(N)c(SCCOCCOCCS(=O)c5sc6nc(-c7cnc8nn(C)cc8c7)cc(C7CC7)c6c5N)sc4n3)cnc2n1. The smallest absolute Gasteiger partial charge is 0.181 e. The number of anilines is 2. The first-order valence-electron chi connectivity index (χ1n) is 19.5. The van der Waals surface area contributed by atoms with E-state index >= 15 is 0 Å². The number of nitrogen functional groups attached to an aromatic ring is 2. The molecule has 0 radical (unpaired) electrons. The molecule has 17 heteroatoms. The zero-order valence-electron chi connectivity index (χ0n) is 32.8. The summed E-state index contributed by atoms with van der Waals surface area (Å²) in [6, 6.07) is 18.6. The van der Waals surface area contributed by atoms with E-state index in [4.69, 9.17) is 30.9 Å². The number of ether oxygens (including phenoxy) is 2. The van der Waals surface area contributed by atoms with Crippen molar-refractivity contribution in [3.63, 3.8) is 0 Å². The third-order valence-electron chi connectivity index (χ3n) is 10.5. The van der Waals surface area contributed by atoms with Gasteiger partial charge in [0, 0.05) is 77.3 Å². The van der Waals surface area contributed by atoms with Gasteiger partial charge in [-0.05, 0) is 59.7 Å². The minimum absolute atomic E-state index is 0.326. The molecule has 4 N–H and O–H groups in total. The molecule has 304 valence electrons. The predicted octanol–water partition coefficient (Wildman–Crippen LogP) is 8.45.